The van der Waals surface area contributed by atoms with Crippen LogP contribution in [0.1, 0.15) is 38.5 Å². The predicted molar refractivity (Wildman–Crippen MR) is 56.0 cm³/mol. The first-order valence-electron chi connectivity index (χ1n) is 5.81. The summed E-state index contributed by atoms with van der Waals surface area (Å²) in [5.74, 6) is 0.497. The third kappa shape index (κ3) is 4.89. The minimum Gasteiger partial charge on any atom is -0.321 e. The maximum Gasteiger partial charge on any atom is 0.345 e. The molecule has 0 spiro atoms. The lowest BCUT2D eigenvalue weighted by molar-refractivity contribution is -0.136. The summed E-state index contributed by atoms with van der Waals surface area (Å²) < 4.78 is 28.3. The molecule has 0 amide bonds. The van der Waals surface area contributed by atoms with E-state index >= 15 is 0 Å². The van der Waals surface area contributed by atoms with Gasteiger partial charge in [0.25, 0.3) is 0 Å². The largest absolute Gasteiger partial charge is 0.345 e. The van der Waals surface area contributed by atoms with E-state index in [-0.39, 0.29) is 12.6 Å². The van der Waals surface area contributed by atoms with E-state index in [1.807, 2.05) is 7.05 Å². The van der Waals surface area contributed by atoms with Crippen molar-refractivity contribution in [2.45, 2.75) is 51.2 Å². The summed E-state index contributed by atoms with van der Waals surface area (Å²) in [5, 5.41) is 3.10. The fraction of sp³-hybridized carbons (Fsp3) is 1.00. The number of alkyl halides is 2. The third-order valence-corrected chi connectivity index (χ3v) is 3.24. The van der Waals surface area contributed by atoms with Crippen LogP contribution in [0.25, 0.3) is 0 Å². The van der Waals surface area contributed by atoms with Crippen molar-refractivity contribution in [3.8, 4) is 0 Å². The van der Waals surface area contributed by atoms with Crippen molar-refractivity contribution in [2.24, 2.45) is 5.92 Å². The first-order valence-corrected chi connectivity index (χ1v) is 5.81. The number of rotatable bonds is 5. The molecule has 1 aliphatic rings. The Balaban J connectivity index is 2.34. The summed E-state index contributed by atoms with van der Waals surface area (Å²) in [6.07, 6.45) is 7.27. The molecule has 0 aromatic rings. The van der Waals surface area contributed by atoms with Crippen molar-refractivity contribution in [3.63, 3.8) is 0 Å². The molecule has 0 radical (unpaired) electrons. The van der Waals surface area contributed by atoms with E-state index in [4.69, 9.17) is 0 Å². The Morgan fingerprint density at radius 3 is 2.27 bits per heavy atom. The van der Waals surface area contributed by atoms with E-state index in [2.05, 4.69) is 10.1 Å². The smallest absolute Gasteiger partial charge is 0.321 e. The van der Waals surface area contributed by atoms with Crippen LogP contribution in [0.3, 0.4) is 0 Å². The lowest BCUT2D eigenvalue weighted by Crippen LogP contribution is -2.38. The maximum absolute atomic E-state index is 11.9. The Bertz CT molecular complexity index is 159. The van der Waals surface area contributed by atoms with Crippen molar-refractivity contribution < 1.29 is 13.5 Å². The number of ether oxygens (including phenoxy) is 1. The fourth-order valence-electron chi connectivity index (χ4n) is 2.34. The topological polar surface area (TPSA) is 21.3 Å². The average molecular weight is 221 g/mol. The zero-order chi connectivity index (χ0) is 11.1. The van der Waals surface area contributed by atoms with Gasteiger partial charge in [0.1, 0.15) is 0 Å². The summed E-state index contributed by atoms with van der Waals surface area (Å²) in [7, 11) is 1.82. The molecule has 90 valence electrons. The quantitative estimate of drug-likeness (QED) is 0.721. The van der Waals surface area contributed by atoms with Crippen molar-refractivity contribution in [3.05, 3.63) is 0 Å². The second-order valence-corrected chi connectivity index (χ2v) is 4.24. The van der Waals surface area contributed by atoms with Crippen LogP contribution in [-0.2, 0) is 4.74 Å². The molecule has 15 heavy (non-hydrogen) atoms. The molecule has 0 heterocycles. The Morgan fingerprint density at radius 1 is 1.20 bits per heavy atom. The highest BCUT2D eigenvalue weighted by Gasteiger charge is 2.22. The van der Waals surface area contributed by atoms with Crippen molar-refractivity contribution in [2.75, 3.05) is 13.7 Å². The average Bonchev–Trinajstić information content (AvgIpc) is 2.47. The fourth-order valence-corrected chi connectivity index (χ4v) is 2.34. The maximum atomic E-state index is 11.9. The van der Waals surface area contributed by atoms with Crippen LogP contribution >= 0.6 is 0 Å². The molecule has 0 aliphatic heterocycles. The number of nitrogens with one attached hydrogen (secondary N) is 1. The zero-order valence-corrected chi connectivity index (χ0v) is 9.35. The van der Waals surface area contributed by atoms with E-state index in [1.54, 1.807) is 0 Å². The van der Waals surface area contributed by atoms with Gasteiger partial charge in [-0.3, -0.25) is 0 Å². The normalized spacial score (nSPS) is 21.6. The molecule has 4 heteroatoms. The second-order valence-electron chi connectivity index (χ2n) is 4.24. The molecule has 1 unspecified atom stereocenters. The van der Waals surface area contributed by atoms with E-state index in [0.29, 0.717) is 5.92 Å². The molecule has 1 N–H and O–H groups in total. The van der Waals surface area contributed by atoms with E-state index in [9.17, 15) is 8.78 Å². The molecular formula is C11H21F2NO. The molecule has 0 aromatic carbocycles. The van der Waals surface area contributed by atoms with E-state index in [1.165, 1.54) is 25.7 Å². The Labute approximate surface area is 90.4 Å². The molecule has 1 atom stereocenters. The van der Waals surface area contributed by atoms with Gasteiger partial charge in [-0.25, -0.2) is 0 Å². The predicted octanol–water partition coefficient (Wildman–Crippen LogP) is 2.78. The first-order chi connectivity index (χ1) is 7.24. The molecule has 1 rings (SSSR count). The Kier molecular flexibility index (Phi) is 6.10. The van der Waals surface area contributed by atoms with Gasteiger partial charge in [-0.15, -0.1) is 0 Å². The van der Waals surface area contributed by atoms with Gasteiger partial charge < -0.3 is 10.1 Å². The minimum absolute atomic E-state index is 0.0806. The van der Waals surface area contributed by atoms with Crippen molar-refractivity contribution in [1.29, 1.82) is 0 Å². The molecular weight excluding hydrogens is 200 g/mol. The summed E-state index contributed by atoms with van der Waals surface area (Å²) in [4.78, 5) is 0. The van der Waals surface area contributed by atoms with Gasteiger partial charge in [0.15, 0.2) is 0 Å². The van der Waals surface area contributed by atoms with Crippen LogP contribution in [0.5, 0.6) is 0 Å². The lowest BCUT2D eigenvalue weighted by atomic mass is 9.92. The summed E-state index contributed by atoms with van der Waals surface area (Å²) in [6, 6.07) is 0.0806. The van der Waals surface area contributed by atoms with Crippen LogP contribution in [0.4, 0.5) is 8.78 Å². The molecule has 0 aromatic heterocycles. The monoisotopic (exact) mass is 221 g/mol. The van der Waals surface area contributed by atoms with Gasteiger partial charge in [-0.2, -0.15) is 8.78 Å². The van der Waals surface area contributed by atoms with Crippen LogP contribution in [0.2, 0.25) is 0 Å². The summed E-state index contributed by atoms with van der Waals surface area (Å²) in [5.41, 5.74) is 0. The van der Waals surface area contributed by atoms with Gasteiger partial charge >= 0.3 is 6.61 Å². The lowest BCUT2D eigenvalue weighted by Gasteiger charge is -2.25. The first kappa shape index (κ1) is 12.8. The van der Waals surface area contributed by atoms with Crippen LogP contribution in [0, 0.1) is 5.92 Å². The SMILES string of the molecule is CNC(COC(F)F)C1CCCCCC1. The molecule has 1 fully saturated rings. The van der Waals surface area contributed by atoms with Gasteiger partial charge in [0, 0.05) is 6.04 Å². The second kappa shape index (κ2) is 7.12. The van der Waals surface area contributed by atoms with Crippen LogP contribution in [0.15, 0.2) is 0 Å². The Hall–Kier alpha value is -0.220. The summed E-state index contributed by atoms with van der Waals surface area (Å²) >= 11 is 0. The molecule has 0 bridgehead atoms. The highest BCUT2D eigenvalue weighted by molar-refractivity contribution is 4.77. The van der Waals surface area contributed by atoms with Crippen LogP contribution in [-0.4, -0.2) is 26.3 Å². The highest BCUT2D eigenvalue weighted by Crippen LogP contribution is 2.25. The van der Waals surface area contributed by atoms with Gasteiger partial charge in [0.05, 0.1) is 6.61 Å². The number of hydrogen-bond donors (Lipinski definition) is 1. The minimum atomic E-state index is -2.65. The standard InChI is InChI=1S/C11H21F2NO/c1-14-10(8-15-11(12)13)9-6-4-2-3-5-7-9/h9-11,14H,2-8H2,1H3. The molecule has 1 saturated carbocycles. The van der Waals surface area contributed by atoms with Crippen LogP contribution < -0.4 is 5.32 Å². The highest BCUT2D eigenvalue weighted by atomic mass is 19.3. The van der Waals surface area contributed by atoms with Gasteiger partial charge in [0.2, 0.25) is 0 Å². The third-order valence-electron chi connectivity index (χ3n) is 3.24. The zero-order valence-electron chi connectivity index (χ0n) is 9.35. The Morgan fingerprint density at radius 2 is 1.80 bits per heavy atom. The number of hydrogen-bond acceptors (Lipinski definition) is 2. The van der Waals surface area contributed by atoms with Crippen molar-refractivity contribution >= 4 is 0 Å². The van der Waals surface area contributed by atoms with E-state index in [0.717, 1.165) is 12.8 Å². The number of likely N-dealkylation sites (N-methyl/N-ethyl adjacent to an activating group) is 1. The summed E-state index contributed by atoms with van der Waals surface area (Å²) in [6.45, 7) is -2.52. The van der Waals surface area contributed by atoms with E-state index < -0.39 is 6.61 Å². The molecule has 1 aliphatic carbocycles. The number of halogens is 2. The van der Waals surface area contributed by atoms with Crippen molar-refractivity contribution in [1.82, 2.24) is 5.32 Å². The molecule has 2 nitrogen and oxygen atoms in total. The molecule has 0 saturated heterocycles. The van der Waals surface area contributed by atoms with Gasteiger partial charge in [-0.05, 0) is 25.8 Å². The van der Waals surface area contributed by atoms with Gasteiger partial charge in [-0.1, -0.05) is 25.7 Å².